The average molecular weight is 438 g/mol. The van der Waals surface area contributed by atoms with Gasteiger partial charge < -0.3 is 9.84 Å². The summed E-state index contributed by atoms with van der Waals surface area (Å²) in [5.41, 5.74) is 3.09. The molecule has 3 aromatic heterocycles. The molecule has 0 spiro atoms. The maximum Gasteiger partial charge on any atom is 0.306 e. The zero-order chi connectivity index (χ0) is 22.2. The molecule has 1 N–H and O–H groups in total. The van der Waals surface area contributed by atoms with Crippen molar-refractivity contribution in [3.8, 4) is 17.1 Å². The Morgan fingerprint density at radius 2 is 2.09 bits per heavy atom. The van der Waals surface area contributed by atoms with Crippen molar-refractivity contribution in [3.63, 3.8) is 0 Å². The van der Waals surface area contributed by atoms with E-state index in [1.165, 1.54) is 0 Å². The van der Waals surface area contributed by atoms with Crippen LogP contribution in [-0.4, -0.2) is 51.9 Å². The van der Waals surface area contributed by atoms with E-state index in [9.17, 15) is 9.90 Å². The number of nitrogens with zero attached hydrogens (tertiary/aromatic N) is 7. The maximum atomic E-state index is 11.3. The fourth-order valence-electron chi connectivity index (χ4n) is 4.41. The minimum Gasteiger partial charge on any atom is -0.489 e. The van der Waals surface area contributed by atoms with Crippen molar-refractivity contribution in [2.24, 2.45) is 13.0 Å². The molecule has 32 heavy (non-hydrogen) atoms. The molecule has 10 heteroatoms. The number of aliphatic carboxylic acids is 1. The molecule has 2 atom stereocenters. The summed E-state index contributed by atoms with van der Waals surface area (Å²) in [5, 5.41) is 22.3. The van der Waals surface area contributed by atoms with Crippen molar-refractivity contribution in [2.45, 2.75) is 64.0 Å². The van der Waals surface area contributed by atoms with Crippen LogP contribution in [0, 0.1) is 12.8 Å². The summed E-state index contributed by atoms with van der Waals surface area (Å²) in [7, 11) is 1.87. The SMILES string of the molecule is Cc1nc(-c2nnn(C)c2Cn2ncnc2C2CC2)ccc1O[C@H]1CCC[C@H](C(=O)O)C1. The number of carbonyl (C=O) groups is 1. The van der Waals surface area contributed by atoms with Gasteiger partial charge in [-0.1, -0.05) is 5.21 Å². The van der Waals surface area contributed by atoms with Crippen LogP contribution < -0.4 is 4.74 Å². The quantitative estimate of drug-likeness (QED) is 0.599. The van der Waals surface area contributed by atoms with E-state index in [4.69, 9.17) is 9.72 Å². The van der Waals surface area contributed by atoms with E-state index in [2.05, 4.69) is 20.4 Å². The number of aromatic nitrogens is 7. The second-order valence-electron chi connectivity index (χ2n) is 8.78. The highest BCUT2D eigenvalue weighted by Crippen LogP contribution is 2.39. The summed E-state index contributed by atoms with van der Waals surface area (Å²) in [6, 6.07) is 3.78. The lowest BCUT2D eigenvalue weighted by Crippen LogP contribution is -2.29. The third-order valence-corrected chi connectivity index (χ3v) is 6.38. The van der Waals surface area contributed by atoms with Gasteiger partial charge >= 0.3 is 5.97 Å². The molecule has 2 aliphatic carbocycles. The normalized spacial score (nSPS) is 20.9. The van der Waals surface area contributed by atoms with Gasteiger partial charge in [0, 0.05) is 13.0 Å². The van der Waals surface area contributed by atoms with E-state index < -0.39 is 5.97 Å². The van der Waals surface area contributed by atoms with Gasteiger partial charge in [-0.3, -0.25) is 4.79 Å². The predicted molar refractivity (Wildman–Crippen MR) is 114 cm³/mol. The summed E-state index contributed by atoms with van der Waals surface area (Å²) in [6.45, 7) is 2.43. The zero-order valence-electron chi connectivity index (χ0n) is 18.3. The highest BCUT2D eigenvalue weighted by atomic mass is 16.5. The zero-order valence-corrected chi connectivity index (χ0v) is 18.3. The van der Waals surface area contributed by atoms with Crippen molar-refractivity contribution in [3.05, 3.63) is 35.7 Å². The van der Waals surface area contributed by atoms with Gasteiger partial charge in [-0.05, 0) is 57.6 Å². The molecule has 0 bridgehead atoms. The van der Waals surface area contributed by atoms with Crippen LogP contribution in [-0.2, 0) is 18.4 Å². The Morgan fingerprint density at radius 3 is 2.84 bits per heavy atom. The van der Waals surface area contributed by atoms with Crippen molar-refractivity contribution >= 4 is 5.97 Å². The Balaban J connectivity index is 1.35. The Morgan fingerprint density at radius 1 is 1.25 bits per heavy atom. The molecule has 2 aliphatic rings. The molecule has 0 saturated heterocycles. The van der Waals surface area contributed by atoms with Crippen LogP contribution in [0.5, 0.6) is 5.75 Å². The molecular formula is C22H27N7O3. The molecule has 0 aliphatic heterocycles. The number of hydrogen-bond donors (Lipinski definition) is 1. The number of ether oxygens (including phenoxy) is 1. The van der Waals surface area contributed by atoms with Crippen LogP contribution in [0.1, 0.15) is 61.7 Å². The lowest BCUT2D eigenvalue weighted by Gasteiger charge is -2.27. The van der Waals surface area contributed by atoms with Crippen LogP contribution in [0.4, 0.5) is 0 Å². The summed E-state index contributed by atoms with van der Waals surface area (Å²) < 4.78 is 9.81. The number of aryl methyl sites for hydroxylation is 2. The van der Waals surface area contributed by atoms with Gasteiger partial charge in [-0.25, -0.2) is 19.3 Å². The topological polar surface area (TPSA) is 121 Å². The maximum absolute atomic E-state index is 11.3. The Labute approximate surface area is 185 Å². The highest BCUT2D eigenvalue weighted by Gasteiger charge is 2.30. The Kier molecular flexibility index (Phi) is 5.36. The third kappa shape index (κ3) is 4.09. The lowest BCUT2D eigenvalue weighted by atomic mass is 9.87. The van der Waals surface area contributed by atoms with Crippen LogP contribution in [0.25, 0.3) is 11.4 Å². The van der Waals surface area contributed by atoms with Gasteiger partial charge in [0.25, 0.3) is 0 Å². The highest BCUT2D eigenvalue weighted by molar-refractivity contribution is 5.70. The fraction of sp³-hybridized carbons (Fsp3) is 0.545. The lowest BCUT2D eigenvalue weighted by molar-refractivity contribution is -0.143. The van der Waals surface area contributed by atoms with Gasteiger partial charge in [0.2, 0.25) is 0 Å². The first-order chi connectivity index (χ1) is 15.5. The molecule has 3 aromatic rings. The van der Waals surface area contributed by atoms with Gasteiger partial charge in [0.1, 0.15) is 23.6 Å². The summed E-state index contributed by atoms with van der Waals surface area (Å²) in [4.78, 5) is 20.5. The Bertz CT molecular complexity index is 1130. The number of rotatable bonds is 7. The third-order valence-electron chi connectivity index (χ3n) is 6.38. The van der Waals surface area contributed by atoms with Gasteiger partial charge in [0.15, 0.2) is 0 Å². The second-order valence-corrected chi connectivity index (χ2v) is 8.78. The molecule has 2 fully saturated rings. The molecule has 168 valence electrons. The predicted octanol–water partition coefficient (Wildman–Crippen LogP) is 2.72. The first kappa shape index (κ1) is 20.6. The molecule has 10 nitrogen and oxygen atoms in total. The minimum absolute atomic E-state index is 0.101. The molecule has 0 aromatic carbocycles. The van der Waals surface area contributed by atoms with Crippen molar-refractivity contribution in [1.82, 2.24) is 34.7 Å². The van der Waals surface area contributed by atoms with Crippen LogP contribution in [0.15, 0.2) is 18.5 Å². The van der Waals surface area contributed by atoms with Gasteiger partial charge in [-0.15, -0.1) is 5.10 Å². The van der Waals surface area contributed by atoms with Crippen molar-refractivity contribution < 1.29 is 14.6 Å². The molecule has 3 heterocycles. The monoisotopic (exact) mass is 437 g/mol. The van der Waals surface area contributed by atoms with E-state index in [1.807, 2.05) is 30.8 Å². The first-order valence-electron chi connectivity index (χ1n) is 11.1. The number of pyridine rings is 1. The van der Waals surface area contributed by atoms with E-state index in [1.54, 1.807) is 11.0 Å². The molecule has 0 amide bonds. The summed E-state index contributed by atoms with van der Waals surface area (Å²) in [6.07, 6.45) is 6.79. The Hall–Kier alpha value is -3.30. The second kappa shape index (κ2) is 8.33. The first-order valence-corrected chi connectivity index (χ1v) is 11.1. The van der Waals surface area contributed by atoms with Crippen LogP contribution in [0.3, 0.4) is 0 Å². The molecule has 2 saturated carbocycles. The molecule has 0 radical (unpaired) electrons. The van der Waals surface area contributed by atoms with E-state index in [0.717, 1.165) is 55.0 Å². The number of hydrogen-bond acceptors (Lipinski definition) is 7. The summed E-state index contributed by atoms with van der Waals surface area (Å²) in [5.74, 6) is 1.12. The van der Waals surface area contributed by atoms with E-state index in [0.29, 0.717) is 30.3 Å². The molecule has 0 unspecified atom stereocenters. The van der Waals surface area contributed by atoms with E-state index in [-0.39, 0.29) is 12.0 Å². The standard InChI is InChI=1S/C22H27N7O3/c1-13-19(32-16-5-3-4-15(10-16)22(30)31)9-8-17(25-13)20-18(28(2)27-26-20)11-29-21(14-6-7-14)23-12-24-29/h8-9,12,14-16H,3-7,10-11H2,1-2H3,(H,30,31)/t15-,16-/m0/s1. The molecular weight excluding hydrogens is 410 g/mol. The van der Waals surface area contributed by atoms with Gasteiger partial charge in [-0.2, -0.15) is 5.10 Å². The van der Waals surface area contributed by atoms with Crippen molar-refractivity contribution in [2.75, 3.05) is 0 Å². The minimum atomic E-state index is -0.740. The summed E-state index contributed by atoms with van der Waals surface area (Å²) >= 11 is 0. The number of carboxylic acid groups (broad SMARTS) is 1. The van der Waals surface area contributed by atoms with E-state index >= 15 is 0 Å². The molecule has 5 rings (SSSR count). The fourth-order valence-corrected chi connectivity index (χ4v) is 4.41. The number of carboxylic acids is 1. The van der Waals surface area contributed by atoms with Gasteiger partial charge in [0.05, 0.1) is 35.6 Å². The van der Waals surface area contributed by atoms with Crippen LogP contribution in [0.2, 0.25) is 0 Å². The smallest absolute Gasteiger partial charge is 0.306 e. The van der Waals surface area contributed by atoms with Crippen LogP contribution >= 0.6 is 0 Å². The average Bonchev–Trinajstić information content (AvgIpc) is 3.42. The largest absolute Gasteiger partial charge is 0.489 e. The van der Waals surface area contributed by atoms with Crippen molar-refractivity contribution in [1.29, 1.82) is 0 Å².